The van der Waals surface area contributed by atoms with E-state index in [2.05, 4.69) is 128 Å². The van der Waals surface area contributed by atoms with Crippen LogP contribution >= 0.6 is 11.3 Å². The van der Waals surface area contributed by atoms with Crippen LogP contribution in [0.5, 0.6) is 0 Å². The van der Waals surface area contributed by atoms with Crippen LogP contribution in [0.25, 0.3) is 121 Å². The molecule has 0 unspecified atom stereocenters. The first-order valence-corrected chi connectivity index (χ1v) is 21.4. The zero-order chi connectivity index (χ0) is 41.4. The number of hydrogen-bond donors (Lipinski definition) is 0. The minimum atomic E-state index is 0.553. The highest BCUT2D eigenvalue weighted by Gasteiger charge is 2.20. The molecule has 294 valence electrons. The van der Waals surface area contributed by atoms with Gasteiger partial charge in [-0.25, -0.2) is 15.0 Å². The average molecular weight is 826 g/mol. The van der Waals surface area contributed by atoms with E-state index in [1.165, 1.54) is 4.70 Å². The standard InChI is InChI=1S/C53H31N9S/c1-3-12-32(13-4-1)50-57-51(33-14-5-2-6-15-33)60-53(59-50)61-43-19-10-8-17-38(43)40-28-34(22-25-44(40)61)35-21-24-39-37-16-7-9-18-42(37)62(45(39)30-35)52-56-31-55-49(58-52)36-23-26-46-41(29-36)48-47(63-46)20-11-27-54-48/h1-31H. The van der Waals surface area contributed by atoms with Gasteiger partial charge in [0.25, 0.3) is 0 Å². The van der Waals surface area contributed by atoms with E-state index < -0.39 is 0 Å². The summed E-state index contributed by atoms with van der Waals surface area (Å²) in [4.78, 5) is 34.4. The van der Waals surface area contributed by atoms with Crippen LogP contribution < -0.4 is 0 Å². The number of fused-ring (bicyclic) bond motifs is 9. The highest BCUT2D eigenvalue weighted by molar-refractivity contribution is 7.25. The zero-order valence-corrected chi connectivity index (χ0v) is 34.1. The van der Waals surface area contributed by atoms with E-state index in [1.807, 2.05) is 72.9 Å². The summed E-state index contributed by atoms with van der Waals surface area (Å²) in [6.07, 6.45) is 3.45. The van der Waals surface area contributed by atoms with Crippen LogP contribution in [0.15, 0.2) is 188 Å². The second kappa shape index (κ2) is 14.1. The molecule has 0 fully saturated rings. The van der Waals surface area contributed by atoms with E-state index in [0.29, 0.717) is 29.4 Å². The van der Waals surface area contributed by atoms with Gasteiger partial charge in [0.1, 0.15) is 6.33 Å². The third kappa shape index (κ3) is 5.73. The Hall–Kier alpha value is -8.47. The number of nitrogens with zero attached hydrogens (tertiary/aromatic N) is 9. The molecule has 0 atom stereocenters. The van der Waals surface area contributed by atoms with E-state index in [9.17, 15) is 0 Å². The Balaban J connectivity index is 0.961. The first-order valence-electron chi connectivity index (χ1n) is 20.6. The Morgan fingerprint density at radius 1 is 0.333 bits per heavy atom. The fourth-order valence-electron chi connectivity index (χ4n) is 8.90. The SMILES string of the molecule is c1ccc(-c2nc(-c3ccccc3)nc(-n3c4ccccc4c4cc(-c5ccc6c7ccccc7n(-c7ncnc(-c8ccc9sc%10cccnc%10c9c8)n7)c6c5)ccc43)n2)cc1. The lowest BCUT2D eigenvalue weighted by atomic mass is 10.0. The molecular weight excluding hydrogens is 795 g/mol. The van der Waals surface area contributed by atoms with Crippen molar-refractivity contribution in [2.24, 2.45) is 0 Å². The number of thiophene rings is 1. The van der Waals surface area contributed by atoms with Crippen LogP contribution in [-0.2, 0) is 0 Å². The maximum Gasteiger partial charge on any atom is 0.238 e. The molecule has 0 radical (unpaired) electrons. The van der Waals surface area contributed by atoms with E-state index in [0.717, 1.165) is 87.0 Å². The molecule has 0 saturated carbocycles. The minimum absolute atomic E-state index is 0.553. The van der Waals surface area contributed by atoms with Crippen molar-refractivity contribution in [1.29, 1.82) is 0 Å². The maximum absolute atomic E-state index is 5.12. The maximum atomic E-state index is 5.12. The van der Waals surface area contributed by atoms with Crippen molar-refractivity contribution in [3.63, 3.8) is 0 Å². The van der Waals surface area contributed by atoms with Crippen molar-refractivity contribution in [1.82, 2.24) is 44.0 Å². The van der Waals surface area contributed by atoms with Crippen LogP contribution in [0.1, 0.15) is 0 Å². The minimum Gasteiger partial charge on any atom is -0.278 e. The molecule has 9 nitrogen and oxygen atoms in total. The fraction of sp³-hybridized carbons (Fsp3) is 0. The molecule has 7 aromatic carbocycles. The summed E-state index contributed by atoms with van der Waals surface area (Å²) < 4.78 is 6.65. The number of para-hydroxylation sites is 2. The van der Waals surface area contributed by atoms with Crippen molar-refractivity contribution in [3.8, 4) is 57.2 Å². The topological polar surface area (TPSA) is 100 Å². The van der Waals surface area contributed by atoms with Crippen LogP contribution in [0.3, 0.4) is 0 Å². The number of aromatic nitrogens is 9. The van der Waals surface area contributed by atoms with Crippen molar-refractivity contribution in [2.75, 3.05) is 0 Å². The van der Waals surface area contributed by atoms with E-state index in [1.54, 1.807) is 17.7 Å². The number of rotatable bonds is 6. The molecule has 6 aromatic heterocycles. The largest absolute Gasteiger partial charge is 0.278 e. The molecular formula is C53H31N9S. The number of benzene rings is 7. The van der Waals surface area contributed by atoms with Crippen molar-refractivity contribution in [3.05, 3.63) is 188 Å². The molecule has 0 aliphatic heterocycles. The molecule has 13 aromatic rings. The van der Waals surface area contributed by atoms with E-state index in [4.69, 9.17) is 24.9 Å². The summed E-state index contributed by atoms with van der Waals surface area (Å²) in [5.41, 5.74) is 9.94. The van der Waals surface area contributed by atoms with E-state index >= 15 is 0 Å². The van der Waals surface area contributed by atoms with Gasteiger partial charge >= 0.3 is 0 Å². The van der Waals surface area contributed by atoms with Gasteiger partial charge in [-0.15, -0.1) is 11.3 Å². The molecule has 10 heteroatoms. The molecule has 0 N–H and O–H groups in total. The Morgan fingerprint density at radius 3 is 1.68 bits per heavy atom. The van der Waals surface area contributed by atoms with Gasteiger partial charge in [0.2, 0.25) is 11.9 Å². The molecule has 0 amide bonds. The van der Waals surface area contributed by atoms with Gasteiger partial charge < -0.3 is 0 Å². The van der Waals surface area contributed by atoms with Crippen LogP contribution in [0, 0.1) is 0 Å². The predicted octanol–water partition coefficient (Wildman–Crippen LogP) is 12.7. The highest BCUT2D eigenvalue weighted by atomic mass is 32.1. The van der Waals surface area contributed by atoms with Gasteiger partial charge in [0.15, 0.2) is 17.5 Å². The number of hydrogen-bond acceptors (Lipinski definition) is 8. The van der Waals surface area contributed by atoms with Gasteiger partial charge in [-0.3, -0.25) is 14.1 Å². The molecule has 0 spiro atoms. The van der Waals surface area contributed by atoms with Crippen LogP contribution in [0.2, 0.25) is 0 Å². The lowest BCUT2D eigenvalue weighted by Gasteiger charge is -2.11. The Morgan fingerprint density at radius 2 is 0.921 bits per heavy atom. The van der Waals surface area contributed by atoms with Gasteiger partial charge in [-0.1, -0.05) is 115 Å². The lowest BCUT2D eigenvalue weighted by Crippen LogP contribution is -2.06. The third-order valence-corrected chi connectivity index (χ3v) is 12.9. The quantitative estimate of drug-likeness (QED) is 0.165. The number of pyridine rings is 1. The summed E-state index contributed by atoms with van der Waals surface area (Å²) >= 11 is 1.74. The average Bonchev–Trinajstić information content (AvgIpc) is 4.01. The molecule has 0 aliphatic carbocycles. The summed E-state index contributed by atoms with van der Waals surface area (Å²) in [5, 5.41) is 5.54. The normalized spacial score (nSPS) is 11.8. The second-order valence-electron chi connectivity index (χ2n) is 15.5. The Kier molecular flexibility index (Phi) is 7.87. The highest BCUT2D eigenvalue weighted by Crippen LogP contribution is 2.39. The van der Waals surface area contributed by atoms with Crippen LogP contribution in [0.4, 0.5) is 0 Å². The van der Waals surface area contributed by atoms with Crippen LogP contribution in [-0.4, -0.2) is 44.0 Å². The van der Waals surface area contributed by atoms with Crippen molar-refractivity contribution in [2.45, 2.75) is 0 Å². The monoisotopic (exact) mass is 825 g/mol. The van der Waals surface area contributed by atoms with Gasteiger partial charge in [0, 0.05) is 54.5 Å². The van der Waals surface area contributed by atoms with Crippen molar-refractivity contribution >= 4 is 75.3 Å². The van der Waals surface area contributed by atoms with E-state index in [-0.39, 0.29) is 0 Å². The van der Waals surface area contributed by atoms with Crippen molar-refractivity contribution < 1.29 is 0 Å². The fourth-order valence-corrected chi connectivity index (χ4v) is 9.95. The molecule has 0 bridgehead atoms. The lowest BCUT2D eigenvalue weighted by molar-refractivity contribution is 0.947. The zero-order valence-electron chi connectivity index (χ0n) is 33.3. The molecule has 6 heterocycles. The summed E-state index contributed by atoms with van der Waals surface area (Å²) in [6, 6.07) is 60.8. The summed E-state index contributed by atoms with van der Waals surface area (Å²) in [6.45, 7) is 0. The predicted molar refractivity (Wildman–Crippen MR) is 254 cm³/mol. The first kappa shape index (κ1) is 35.3. The Labute approximate surface area is 363 Å². The smallest absolute Gasteiger partial charge is 0.238 e. The Bertz CT molecular complexity index is 3870. The third-order valence-electron chi connectivity index (χ3n) is 11.8. The molecule has 0 aliphatic rings. The first-order chi connectivity index (χ1) is 31.2. The van der Waals surface area contributed by atoms with Gasteiger partial charge in [-0.05, 0) is 71.8 Å². The molecule has 0 saturated heterocycles. The molecule has 13 rings (SSSR count). The second-order valence-corrected chi connectivity index (χ2v) is 16.5. The molecule has 63 heavy (non-hydrogen) atoms. The summed E-state index contributed by atoms with van der Waals surface area (Å²) in [5.74, 6) is 2.95. The van der Waals surface area contributed by atoms with Gasteiger partial charge in [-0.2, -0.15) is 15.0 Å². The summed E-state index contributed by atoms with van der Waals surface area (Å²) in [7, 11) is 0. The van der Waals surface area contributed by atoms with Gasteiger partial charge in [0.05, 0.1) is 32.3 Å².